The highest BCUT2D eigenvalue weighted by molar-refractivity contribution is 7.89. The molecule has 2 aromatic rings. The number of nitrogens with zero attached hydrogens (tertiary/aromatic N) is 3. The molecule has 11 nitrogen and oxygen atoms in total. The van der Waals surface area contributed by atoms with Crippen molar-refractivity contribution in [3.05, 3.63) is 58.1 Å². The number of benzene rings is 2. The zero-order valence-electron chi connectivity index (χ0n) is 16.9. The van der Waals surface area contributed by atoms with Crippen LogP contribution >= 0.6 is 0 Å². The van der Waals surface area contributed by atoms with Crippen molar-refractivity contribution in [3.63, 3.8) is 0 Å². The van der Waals surface area contributed by atoms with Gasteiger partial charge < -0.3 is 9.47 Å². The molecule has 2 heterocycles. The highest BCUT2D eigenvalue weighted by Crippen LogP contribution is 2.33. The Kier molecular flexibility index (Phi) is 6.07. The minimum atomic E-state index is -3.82. The van der Waals surface area contributed by atoms with Crippen LogP contribution in [-0.4, -0.2) is 69.8 Å². The Morgan fingerprint density at radius 3 is 2.06 bits per heavy atom. The normalized spacial score (nSPS) is 17.8. The van der Waals surface area contributed by atoms with Crippen molar-refractivity contribution in [2.75, 3.05) is 39.4 Å². The molecular weight excluding hydrogens is 462 g/mol. The van der Waals surface area contributed by atoms with E-state index in [1.54, 1.807) is 6.07 Å². The molecule has 0 bridgehead atoms. The Hall–Kier alpha value is -2.74. The van der Waals surface area contributed by atoms with Crippen LogP contribution in [0.15, 0.2) is 47.4 Å². The largest absolute Gasteiger partial charge is 0.486 e. The van der Waals surface area contributed by atoms with Crippen LogP contribution in [0.2, 0.25) is 0 Å². The molecule has 0 spiro atoms. The number of piperazine rings is 1. The van der Waals surface area contributed by atoms with E-state index < -0.39 is 25.0 Å². The van der Waals surface area contributed by atoms with Gasteiger partial charge >= 0.3 is 0 Å². The van der Waals surface area contributed by atoms with E-state index >= 15 is 0 Å². The van der Waals surface area contributed by atoms with Crippen LogP contribution in [0.1, 0.15) is 5.56 Å². The Morgan fingerprint density at radius 2 is 1.44 bits per heavy atom. The maximum atomic E-state index is 13.0. The molecule has 32 heavy (non-hydrogen) atoms. The number of nitro benzene ring substituents is 1. The number of fused-ring (bicyclic) bond motifs is 1. The van der Waals surface area contributed by atoms with E-state index in [9.17, 15) is 26.9 Å². The first kappa shape index (κ1) is 22.5. The van der Waals surface area contributed by atoms with E-state index in [-0.39, 0.29) is 42.5 Å². The molecule has 1 saturated heterocycles. The smallest absolute Gasteiger partial charge is 0.269 e. The molecular formula is C19H21N3O8S2. The van der Waals surface area contributed by atoms with E-state index in [1.807, 2.05) is 0 Å². The third kappa shape index (κ3) is 4.55. The predicted octanol–water partition coefficient (Wildman–Crippen LogP) is 1.20. The van der Waals surface area contributed by atoms with Gasteiger partial charge in [-0.15, -0.1) is 0 Å². The van der Waals surface area contributed by atoms with Gasteiger partial charge in [-0.3, -0.25) is 10.1 Å². The van der Waals surface area contributed by atoms with Crippen molar-refractivity contribution in [3.8, 4) is 11.5 Å². The Labute approximate surface area is 185 Å². The van der Waals surface area contributed by atoms with Gasteiger partial charge in [0.1, 0.15) is 13.2 Å². The lowest BCUT2D eigenvalue weighted by atomic mass is 10.2. The fourth-order valence-corrected chi connectivity index (χ4v) is 6.49. The molecule has 0 aromatic heterocycles. The van der Waals surface area contributed by atoms with Crippen LogP contribution in [0.5, 0.6) is 11.5 Å². The number of hydrogen-bond donors (Lipinski definition) is 0. The van der Waals surface area contributed by atoms with Crippen molar-refractivity contribution < 1.29 is 31.2 Å². The monoisotopic (exact) mass is 483 g/mol. The third-order valence-corrected chi connectivity index (χ3v) is 8.98. The standard InChI is InChI=1S/C19H21N3O8S2/c23-22(24)16-3-1-15(2-4-16)14-31(25,26)20-7-9-21(10-8-20)32(27,28)17-5-6-18-19(13-17)30-12-11-29-18/h1-6,13H,7-12,14H2. The van der Waals surface area contributed by atoms with Gasteiger partial charge in [-0.1, -0.05) is 12.1 Å². The summed E-state index contributed by atoms with van der Waals surface area (Å²) < 4.78 is 64.9. The molecule has 2 aromatic carbocycles. The summed E-state index contributed by atoms with van der Waals surface area (Å²) in [7, 11) is -7.53. The van der Waals surface area contributed by atoms with Crippen molar-refractivity contribution >= 4 is 25.7 Å². The lowest BCUT2D eigenvalue weighted by Gasteiger charge is -2.33. The molecule has 172 valence electrons. The Bertz CT molecular complexity index is 1220. The summed E-state index contributed by atoms with van der Waals surface area (Å²) in [5.41, 5.74) is 0.297. The molecule has 0 atom stereocenters. The topological polar surface area (TPSA) is 136 Å². The van der Waals surface area contributed by atoms with Crippen molar-refractivity contribution in [1.29, 1.82) is 0 Å². The second-order valence-corrected chi connectivity index (χ2v) is 11.2. The van der Waals surface area contributed by atoms with Crippen LogP contribution in [0.3, 0.4) is 0 Å². The molecule has 2 aliphatic rings. The summed E-state index contributed by atoms with van der Waals surface area (Å²) >= 11 is 0. The van der Waals surface area contributed by atoms with E-state index in [2.05, 4.69) is 0 Å². The first-order valence-electron chi connectivity index (χ1n) is 9.78. The molecule has 1 fully saturated rings. The molecule has 0 unspecified atom stereocenters. The fourth-order valence-electron chi connectivity index (χ4n) is 3.54. The van der Waals surface area contributed by atoms with E-state index in [1.165, 1.54) is 45.0 Å². The molecule has 0 amide bonds. The van der Waals surface area contributed by atoms with E-state index in [4.69, 9.17) is 9.47 Å². The summed E-state index contributed by atoms with van der Waals surface area (Å²) in [5, 5.41) is 10.7. The summed E-state index contributed by atoms with van der Waals surface area (Å²) in [4.78, 5) is 10.2. The van der Waals surface area contributed by atoms with Gasteiger partial charge in [-0.05, 0) is 17.7 Å². The summed E-state index contributed by atoms with van der Waals surface area (Å²) in [6.45, 7) is 0.780. The number of rotatable bonds is 6. The number of hydrogen-bond acceptors (Lipinski definition) is 8. The molecule has 0 N–H and O–H groups in total. The second kappa shape index (κ2) is 8.65. The number of ether oxygens (including phenoxy) is 2. The number of sulfonamides is 2. The molecule has 13 heteroatoms. The number of non-ortho nitro benzene ring substituents is 1. The van der Waals surface area contributed by atoms with Gasteiger partial charge in [0.15, 0.2) is 11.5 Å². The maximum Gasteiger partial charge on any atom is 0.269 e. The third-order valence-electron chi connectivity index (χ3n) is 5.24. The van der Waals surface area contributed by atoms with Gasteiger partial charge in [0.2, 0.25) is 20.0 Å². The Balaban J connectivity index is 1.42. The predicted molar refractivity (Wildman–Crippen MR) is 113 cm³/mol. The Morgan fingerprint density at radius 1 is 0.844 bits per heavy atom. The van der Waals surface area contributed by atoms with Gasteiger partial charge in [-0.2, -0.15) is 8.61 Å². The maximum absolute atomic E-state index is 13.0. The minimum Gasteiger partial charge on any atom is -0.486 e. The number of nitro groups is 1. The first-order chi connectivity index (χ1) is 15.2. The highest BCUT2D eigenvalue weighted by Gasteiger charge is 2.33. The van der Waals surface area contributed by atoms with E-state index in [0.29, 0.717) is 30.3 Å². The van der Waals surface area contributed by atoms with Crippen LogP contribution in [0, 0.1) is 10.1 Å². The quantitative estimate of drug-likeness (QED) is 0.442. The average molecular weight is 484 g/mol. The van der Waals surface area contributed by atoms with Crippen LogP contribution in [0.25, 0.3) is 0 Å². The molecule has 2 aliphatic heterocycles. The minimum absolute atomic E-state index is 0.0102. The zero-order valence-corrected chi connectivity index (χ0v) is 18.5. The molecule has 4 rings (SSSR count). The molecule has 0 radical (unpaired) electrons. The summed E-state index contributed by atoms with van der Waals surface area (Å²) in [6, 6.07) is 9.72. The average Bonchev–Trinajstić information content (AvgIpc) is 2.79. The lowest BCUT2D eigenvalue weighted by molar-refractivity contribution is -0.384. The van der Waals surface area contributed by atoms with Crippen LogP contribution in [0.4, 0.5) is 5.69 Å². The lowest BCUT2D eigenvalue weighted by Crippen LogP contribution is -2.50. The van der Waals surface area contributed by atoms with E-state index in [0.717, 1.165) is 0 Å². The molecule has 0 aliphatic carbocycles. The van der Waals surface area contributed by atoms with Gasteiger partial charge in [-0.25, -0.2) is 16.8 Å². The fraction of sp³-hybridized carbons (Fsp3) is 0.368. The molecule has 0 saturated carbocycles. The van der Waals surface area contributed by atoms with Gasteiger partial charge in [0, 0.05) is 44.4 Å². The van der Waals surface area contributed by atoms with Gasteiger partial charge in [0.25, 0.3) is 5.69 Å². The van der Waals surface area contributed by atoms with Crippen LogP contribution in [-0.2, 0) is 25.8 Å². The first-order valence-corrected chi connectivity index (χ1v) is 12.8. The summed E-state index contributed by atoms with van der Waals surface area (Å²) in [5.74, 6) is 0.527. The van der Waals surface area contributed by atoms with Crippen molar-refractivity contribution in [1.82, 2.24) is 8.61 Å². The van der Waals surface area contributed by atoms with Crippen LogP contribution < -0.4 is 9.47 Å². The highest BCUT2D eigenvalue weighted by atomic mass is 32.2. The van der Waals surface area contributed by atoms with Gasteiger partial charge in [0.05, 0.1) is 15.6 Å². The van der Waals surface area contributed by atoms with Crippen molar-refractivity contribution in [2.45, 2.75) is 10.6 Å². The summed E-state index contributed by atoms with van der Waals surface area (Å²) in [6.07, 6.45) is 0. The second-order valence-electron chi connectivity index (χ2n) is 7.29. The SMILES string of the molecule is O=[N+]([O-])c1ccc(CS(=O)(=O)N2CCN(S(=O)(=O)c3ccc4c(c3)OCCO4)CC2)cc1. The zero-order chi connectivity index (χ0) is 22.9. The van der Waals surface area contributed by atoms with Crippen molar-refractivity contribution in [2.24, 2.45) is 0 Å².